The van der Waals surface area contributed by atoms with Crippen molar-refractivity contribution in [3.8, 4) is 5.75 Å². The van der Waals surface area contributed by atoms with Crippen LogP contribution in [0.25, 0.3) is 11.0 Å². The number of fused-ring (bicyclic) bond motifs is 4. The second-order valence-corrected chi connectivity index (χ2v) is 16.9. The minimum Gasteiger partial charge on any atom is -0.488 e. The number of imide groups is 1. The van der Waals surface area contributed by atoms with E-state index in [0.29, 0.717) is 48.6 Å². The minimum absolute atomic E-state index is 0.0942. The first-order chi connectivity index (χ1) is 17.6. The van der Waals surface area contributed by atoms with Gasteiger partial charge in [-0.05, 0) is 24.6 Å². The second kappa shape index (κ2) is 9.73. The molecular formula is C25H35N5O6Si. The summed E-state index contributed by atoms with van der Waals surface area (Å²) in [5.41, 5.74) is 0.998. The number of hydrogen-bond donors (Lipinski definition) is 1. The minimum atomic E-state index is -1.31. The van der Waals surface area contributed by atoms with Gasteiger partial charge in [-0.1, -0.05) is 19.6 Å². The molecule has 1 aromatic heterocycles. The molecule has 0 spiro atoms. The Balaban J connectivity index is 1.47. The van der Waals surface area contributed by atoms with Gasteiger partial charge in [0.05, 0.1) is 17.1 Å². The number of benzene rings is 1. The molecule has 0 aliphatic carbocycles. The van der Waals surface area contributed by atoms with Crippen LogP contribution in [0.3, 0.4) is 0 Å². The van der Waals surface area contributed by atoms with E-state index < -0.39 is 25.7 Å². The third-order valence-corrected chi connectivity index (χ3v) is 9.18. The molecule has 1 aromatic carbocycles. The van der Waals surface area contributed by atoms with Gasteiger partial charge < -0.3 is 19.7 Å². The molecule has 2 saturated heterocycles. The average Bonchev–Trinajstić information content (AvgIpc) is 3.01. The number of carbonyl (C=O) groups is 3. The van der Waals surface area contributed by atoms with Crippen LogP contribution >= 0.6 is 0 Å². The number of aryl methyl sites for hydroxylation is 1. The van der Waals surface area contributed by atoms with Crippen LogP contribution in [0, 0.1) is 0 Å². The zero-order valence-electron chi connectivity index (χ0n) is 21.9. The van der Waals surface area contributed by atoms with Crippen LogP contribution in [-0.2, 0) is 21.4 Å². The van der Waals surface area contributed by atoms with Gasteiger partial charge in [-0.3, -0.25) is 28.4 Å². The van der Waals surface area contributed by atoms with E-state index in [0.717, 1.165) is 17.5 Å². The van der Waals surface area contributed by atoms with Crippen molar-refractivity contribution in [3.63, 3.8) is 0 Å². The van der Waals surface area contributed by atoms with E-state index in [9.17, 15) is 19.2 Å². The maximum Gasteiger partial charge on any atom is 0.329 e. The molecule has 5 rings (SSSR count). The van der Waals surface area contributed by atoms with Gasteiger partial charge in [0.25, 0.3) is 11.8 Å². The number of hydrogen-bond acceptors (Lipinski definition) is 7. The topological polar surface area (TPSA) is 115 Å². The summed E-state index contributed by atoms with van der Waals surface area (Å²) in [7, 11) is 0.302. The van der Waals surface area contributed by atoms with Crippen molar-refractivity contribution in [1.29, 1.82) is 0 Å². The largest absolute Gasteiger partial charge is 0.488 e. The SMILES string of the molecule is Cn1c(=O)n(C2CCC(=O)N(COCC[Si](C)(C)C)C2=O)c2ccc3c(c21)OC[C@@H]1CNCCN1C3=O. The number of amides is 3. The zero-order valence-corrected chi connectivity index (χ0v) is 22.9. The van der Waals surface area contributed by atoms with E-state index >= 15 is 0 Å². The number of piperidine rings is 1. The van der Waals surface area contributed by atoms with E-state index in [-0.39, 0.29) is 37.4 Å². The Labute approximate surface area is 216 Å². The molecule has 3 amide bonds. The zero-order chi connectivity index (χ0) is 26.5. The quantitative estimate of drug-likeness (QED) is 0.339. The van der Waals surface area contributed by atoms with E-state index in [1.807, 2.05) is 4.90 Å². The third-order valence-electron chi connectivity index (χ3n) is 7.47. The van der Waals surface area contributed by atoms with Crippen molar-refractivity contribution in [3.05, 3.63) is 28.2 Å². The van der Waals surface area contributed by atoms with Gasteiger partial charge in [-0.25, -0.2) is 4.79 Å². The highest BCUT2D eigenvalue weighted by atomic mass is 28.3. The predicted molar refractivity (Wildman–Crippen MR) is 139 cm³/mol. The number of likely N-dealkylation sites (tertiary alicyclic amines) is 1. The summed E-state index contributed by atoms with van der Waals surface area (Å²) in [6.07, 6.45) is 0.362. The Morgan fingerprint density at radius 1 is 1.16 bits per heavy atom. The molecule has 3 aliphatic rings. The van der Waals surface area contributed by atoms with Crippen LogP contribution < -0.4 is 15.7 Å². The number of imidazole rings is 1. The molecule has 11 nitrogen and oxygen atoms in total. The van der Waals surface area contributed by atoms with E-state index in [1.54, 1.807) is 19.2 Å². The summed E-state index contributed by atoms with van der Waals surface area (Å²) in [5.74, 6) is -0.507. The van der Waals surface area contributed by atoms with Crippen molar-refractivity contribution >= 4 is 36.8 Å². The number of piperazine rings is 1. The van der Waals surface area contributed by atoms with Crippen LogP contribution in [0.4, 0.5) is 0 Å². The van der Waals surface area contributed by atoms with Gasteiger partial charge in [0.15, 0.2) is 5.75 Å². The number of carbonyl (C=O) groups excluding carboxylic acids is 3. The predicted octanol–water partition coefficient (Wildman–Crippen LogP) is 1.15. The van der Waals surface area contributed by atoms with Crippen LogP contribution in [-0.4, -0.2) is 90.4 Å². The van der Waals surface area contributed by atoms with Gasteiger partial charge in [-0.2, -0.15) is 0 Å². The molecule has 37 heavy (non-hydrogen) atoms. The standard InChI is InChI=1S/C25H35N5O6Si/c1-27-21-18(6-5-17-22(21)36-14-16-13-26-9-10-28(16)23(17)32)30(25(27)34)19-7-8-20(31)29(24(19)33)15-35-11-12-37(2,3)4/h5-6,16,19,26H,7-15H2,1-4H3/t16-,19?/m0/s1. The van der Waals surface area contributed by atoms with Crippen molar-refractivity contribution in [1.82, 2.24) is 24.3 Å². The van der Waals surface area contributed by atoms with Crippen molar-refractivity contribution < 1.29 is 23.9 Å². The fourth-order valence-electron chi connectivity index (χ4n) is 5.30. The smallest absolute Gasteiger partial charge is 0.329 e. The fourth-order valence-corrected chi connectivity index (χ4v) is 6.05. The Bertz CT molecular complexity index is 1310. The van der Waals surface area contributed by atoms with Gasteiger partial charge in [0.2, 0.25) is 5.91 Å². The molecule has 1 N–H and O–H groups in total. The summed E-state index contributed by atoms with van der Waals surface area (Å²) in [4.78, 5) is 55.8. The molecule has 2 atom stereocenters. The number of ether oxygens (including phenoxy) is 2. The second-order valence-electron chi connectivity index (χ2n) is 11.3. The number of nitrogens with one attached hydrogen (secondary N) is 1. The van der Waals surface area contributed by atoms with Gasteiger partial charge in [0, 0.05) is 47.8 Å². The fraction of sp³-hybridized carbons (Fsp3) is 0.600. The van der Waals surface area contributed by atoms with Crippen LogP contribution in [0.2, 0.25) is 25.7 Å². The Morgan fingerprint density at radius 2 is 1.95 bits per heavy atom. The first-order valence-corrected chi connectivity index (χ1v) is 16.6. The van der Waals surface area contributed by atoms with Crippen molar-refractivity contribution in [2.75, 3.05) is 39.6 Å². The maximum atomic E-state index is 13.5. The van der Waals surface area contributed by atoms with Gasteiger partial charge in [0.1, 0.15) is 24.9 Å². The molecule has 4 heterocycles. The Morgan fingerprint density at radius 3 is 2.70 bits per heavy atom. The van der Waals surface area contributed by atoms with Crippen molar-refractivity contribution in [2.45, 2.75) is 50.6 Å². The summed E-state index contributed by atoms with van der Waals surface area (Å²) in [6.45, 7) is 9.32. The monoisotopic (exact) mass is 529 g/mol. The summed E-state index contributed by atoms with van der Waals surface area (Å²) < 4.78 is 14.7. The Kier molecular flexibility index (Phi) is 6.75. The van der Waals surface area contributed by atoms with E-state index in [4.69, 9.17) is 9.47 Å². The van der Waals surface area contributed by atoms with Crippen LogP contribution in [0.5, 0.6) is 5.75 Å². The highest BCUT2D eigenvalue weighted by molar-refractivity contribution is 6.76. The molecule has 200 valence electrons. The van der Waals surface area contributed by atoms with Crippen LogP contribution in [0.15, 0.2) is 16.9 Å². The molecular weight excluding hydrogens is 494 g/mol. The molecule has 12 heteroatoms. The number of aromatic nitrogens is 2. The molecule has 2 aromatic rings. The maximum absolute atomic E-state index is 13.5. The number of rotatable bonds is 6. The lowest BCUT2D eigenvalue weighted by atomic mass is 10.0. The van der Waals surface area contributed by atoms with Gasteiger partial charge in [-0.15, -0.1) is 0 Å². The van der Waals surface area contributed by atoms with Gasteiger partial charge >= 0.3 is 5.69 Å². The summed E-state index contributed by atoms with van der Waals surface area (Å²) in [5, 5.41) is 3.29. The highest BCUT2D eigenvalue weighted by Crippen LogP contribution is 2.35. The Hall–Kier alpha value is -2.96. The highest BCUT2D eigenvalue weighted by Gasteiger charge is 2.39. The summed E-state index contributed by atoms with van der Waals surface area (Å²) in [6, 6.07) is 3.37. The molecule has 1 unspecified atom stereocenters. The molecule has 3 aliphatic heterocycles. The lowest BCUT2D eigenvalue weighted by molar-refractivity contribution is -0.157. The third kappa shape index (κ3) is 4.62. The van der Waals surface area contributed by atoms with Crippen molar-refractivity contribution in [2.24, 2.45) is 7.05 Å². The first kappa shape index (κ1) is 25.7. The lowest BCUT2D eigenvalue weighted by Gasteiger charge is -2.33. The van der Waals surface area contributed by atoms with Crippen LogP contribution in [0.1, 0.15) is 29.2 Å². The number of nitrogens with zero attached hydrogens (tertiary/aromatic N) is 4. The molecule has 2 fully saturated rings. The summed E-state index contributed by atoms with van der Waals surface area (Å²) >= 11 is 0. The van der Waals surface area contributed by atoms with E-state index in [2.05, 4.69) is 25.0 Å². The first-order valence-electron chi connectivity index (χ1n) is 12.9. The average molecular weight is 530 g/mol. The normalized spacial score (nSPS) is 22.6. The lowest BCUT2D eigenvalue weighted by Crippen LogP contribution is -2.54. The molecule has 0 bridgehead atoms. The van der Waals surface area contributed by atoms with E-state index in [1.165, 1.54) is 9.13 Å². The molecule has 0 radical (unpaired) electrons. The molecule has 0 saturated carbocycles.